The minimum absolute atomic E-state index is 0.0181. The number of fused-ring (bicyclic) bond motifs is 2. The van der Waals surface area contributed by atoms with E-state index in [2.05, 4.69) is 0 Å². The van der Waals surface area contributed by atoms with Gasteiger partial charge < -0.3 is 21.1 Å². The first kappa shape index (κ1) is 12.0. The molecular weight excluding hydrogens is 262 g/mol. The van der Waals surface area contributed by atoms with E-state index in [1.807, 2.05) is 0 Å². The van der Waals surface area contributed by atoms with Crippen molar-refractivity contribution in [3.05, 3.63) is 46.5 Å². The van der Waals surface area contributed by atoms with E-state index in [-0.39, 0.29) is 27.9 Å². The molecule has 6 nitrogen and oxygen atoms in total. The summed E-state index contributed by atoms with van der Waals surface area (Å²) in [4.78, 5) is 24.7. The second kappa shape index (κ2) is 3.74. The molecular formula is C14H9NO5. The molecule has 1 aliphatic rings. The molecule has 0 saturated carbocycles. The molecule has 2 aromatic rings. The van der Waals surface area contributed by atoms with E-state index in [1.54, 1.807) is 0 Å². The molecule has 0 fully saturated rings. The molecule has 2 aromatic carbocycles. The first-order chi connectivity index (χ1) is 9.43. The van der Waals surface area contributed by atoms with Gasteiger partial charge in [-0.05, 0) is 24.3 Å². The predicted molar refractivity (Wildman–Crippen MR) is 69.2 cm³/mol. The third kappa shape index (κ3) is 1.33. The minimum Gasteiger partial charge on any atom is -0.507 e. The zero-order valence-electron chi connectivity index (χ0n) is 10.0. The van der Waals surface area contributed by atoms with Crippen molar-refractivity contribution in [2.75, 3.05) is 5.73 Å². The van der Waals surface area contributed by atoms with Gasteiger partial charge in [-0.2, -0.15) is 0 Å². The first-order valence-electron chi connectivity index (χ1n) is 5.69. The number of anilines is 1. The van der Waals surface area contributed by atoms with E-state index in [1.165, 1.54) is 12.1 Å². The third-order valence-electron chi connectivity index (χ3n) is 3.29. The molecule has 0 radical (unpaired) electrons. The highest BCUT2D eigenvalue weighted by molar-refractivity contribution is 6.32. The van der Waals surface area contributed by atoms with Gasteiger partial charge in [0.1, 0.15) is 17.2 Å². The van der Waals surface area contributed by atoms with E-state index in [9.17, 15) is 24.9 Å². The van der Waals surface area contributed by atoms with Gasteiger partial charge in [0.25, 0.3) is 0 Å². The van der Waals surface area contributed by atoms with Crippen LogP contribution >= 0.6 is 0 Å². The number of benzene rings is 2. The maximum atomic E-state index is 12.4. The number of hydrogen-bond acceptors (Lipinski definition) is 6. The lowest BCUT2D eigenvalue weighted by molar-refractivity contribution is 0.0972. The second-order valence-electron chi connectivity index (χ2n) is 4.44. The average molecular weight is 271 g/mol. The maximum absolute atomic E-state index is 12.4. The molecule has 100 valence electrons. The normalized spacial score (nSPS) is 13.0. The molecule has 6 heteroatoms. The third-order valence-corrected chi connectivity index (χ3v) is 3.29. The summed E-state index contributed by atoms with van der Waals surface area (Å²) in [6, 6.07) is 4.71. The van der Waals surface area contributed by atoms with Crippen molar-refractivity contribution in [3.8, 4) is 17.2 Å². The number of nitrogen functional groups attached to an aromatic ring is 1. The smallest absolute Gasteiger partial charge is 0.202 e. The molecule has 1 aliphatic carbocycles. The molecule has 0 saturated heterocycles. The number of aromatic hydroxyl groups is 3. The van der Waals surface area contributed by atoms with Crippen LogP contribution in [-0.4, -0.2) is 26.9 Å². The van der Waals surface area contributed by atoms with Crippen molar-refractivity contribution < 1.29 is 24.9 Å². The quantitative estimate of drug-likeness (QED) is 0.359. The van der Waals surface area contributed by atoms with Gasteiger partial charge in [-0.15, -0.1) is 0 Å². The molecule has 0 aliphatic heterocycles. The van der Waals surface area contributed by atoms with Gasteiger partial charge in [0.05, 0.1) is 22.3 Å². The van der Waals surface area contributed by atoms with Crippen LogP contribution in [-0.2, 0) is 0 Å². The van der Waals surface area contributed by atoms with Gasteiger partial charge in [-0.25, -0.2) is 0 Å². The molecule has 0 aromatic heterocycles. The Morgan fingerprint density at radius 2 is 1.00 bits per heavy atom. The average Bonchev–Trinajstić information content (AvgIpc) is 2.41. The van der Waals surface area contributed by atoms with Crippen LogP contribution in [0.3, 0.4) is 0 Å². The van der Waals surface area contributed by atoms with E-state index < -0.39 is 28.8 Å². The highest BCUT2D eigenvalue weighted by Gasteiger charge is 2.37. The summed E-state index contributed by atoms with van der Waals surface area (Å²) in [5.41, 5.74) is 4.64. The Kier molecular flexibility index (Phi) is 2.25. The van der Waals surface area contributed by atoms with E-state index in [0.717, 1.165) is 12.1 Å². The molecule has 0 atom stereocenters. The second-order valence-corrected chi connectivity index (χ2v) is 4.44. The molecule has 0 bridgehead atoms. The fourth-order valence-corrected chi connectivity index (χ4v) is 2.37. The highest BCUT2D eigenvalue weighted by Crippen LogP contribution is 2.41. The fraction of sp³-hybridized carbons (Fsp3) is 0. The van der Waals surface area contributed by atoms with Crippen molar-refractivity contribution in [2.24, 2.45) is 0 Å². The summed E-state index contributed by atoms with van der Waals surface area (Å²) < 4.78 is 0. The van der Waals surface area contributed by atoms with E-state index in [0.29, 0.717) is 0 Å². The van der Waals surface area contributed by atoms with Crippen LogP contribution in [0.25, 0.3) is 0 Å². The Hall–Kier alpha value is -3.02. The van der Waals surface area contributed by atoms with E-state index >= 15 is 0 Å². The summed E-state index contributed by atoms with van der Waals surface area (Å²) in [7, 11) is 0. The molecule has 0 heterocycles. The van der Waals surface area contributed by atoms with Crippen LogP contribution in [0, 0.1) is 0 Å². The van der Waals surface area contributed by atoms with Crippen molar-refractivity contribution in [2.45, 2.75) is 0 Å². The van der Waals surface area contributed by atoms with Gasteiger partial charge >= 0.3 is 0 Å². The van der Waals surface area contributed by atoms with Gasteiger partial charge in [-0.1, -0.05) is 0 Å². The zero-order valence-corrected chi connectivity index (χ0v) is 10.0. The molecule has 20 heavy (non-hydrogen) atoms. The highest BCUT2D eigenvalue weighted by atomic mass is 16.3. The topological polar surface area (TPSA) is 121 Å². The number of ketones is 2. The number of phenolic OH excluding ortho intramolecular Hbond substituents is 3. The van der Waals surface area contributed by atoms with Gasteiger partial charge in [0.2, 0.25) is 11.6 Å². The predicted octanol–water partition coefficient (Wildman–Crippen LogP) is 1.16. The van der Waals surface area contributed by atoms with Crippen LogP contribution in [0.5, 0.6) is 17.2 Å². The SMILES string of the molecule is Nc1ccc(O)c2c1C(=O)c1c(O)ccc(O)c1C2=O. The van der Waals surface area contributed by atoms with Crippen LogP contribution in [0.1, 0.15) is 31.8 Å². The maximum Gasteiger partial charge on any atom is 0.202 e. The summed E-state index contributed by atoms with van der Waals surface area (Å²) in [5, 5.41) is 29.3. The Labute approximate surface area is 112 Å². The van der Waals surface area contributed by atoms with Crippen molar-refractivity contribution >= 4 is 17.3 Å². The van der Waals surface area contributed by atoms with E-state index in [4.69, 9.17) is 5.73 Å². The Bertz CT molecular complexity index is 665. The summed E-state index contributed by atoms with van der Waals surface area (Å²) in [6.07, 6.45) is 0. The lowest BCUT2D eigenvalue weighted by Crippen LogP contribution is -2.22. The monoisotopic (exact) mass is 271 g/mol. The van der Waals surface area contributed by atoms with Crippen LogP contribution in [0.2, 0.25) is 0 Å². The Morgan fingerprint density at radius 1 is 0.650 bits per heavy atom. The number of hydrogen-bond donors (Lipinski definition) is 4. The van der Waals surface area contributed by atoms with Crippen molar-refractivity contribution in [1.29, 1.82) is 0 Å². The van der Waals surface area contributed by atoms with Crippen LogP contribution < -0.4 is 5.73 Å². The number of nitrogens with two attached hydrogens (primary N) is 1. The molecule has 0 unspecified atom stereocenters. The number of phenols is 3. The first-order valence-corrected chi connectivity index (χ1v) is 5.69. The van der Waals surface area contributed by atoms with Crippen molar-refractivity contribution in [1.82, 2.24) is 0 Å². The minimum atomic E-state index is -0.757. The van der Waals surface area contributed by atoms with Gasteiger partial charge in [0.15, 0.2) is 0 Å². The lowest BCUT2D eigenvalue weighted by Gasteiger charge is -2.21. The molecule has 0 spiro atoms. The number of carbonyl (C=O) groups excluding carboxylic acids is 2. The standard InChI is InChI=1S/C14H9NO5/c15-5-1-2-6(16)10-9(5)13(19)11-7(17)3-4-8(18)12(11)14(10)20/h1-4,16-18H,15H2. The van der Waals surface area contributed by atoms with Gasteiger partial charge in [-0.3, -0.25) is 9.59 Å². The molecule has 3 rings (SSSR count). The summed E-state index contributed by atoms with van der Waals surface area (Å²) >= 11 is 0. The fourth-order valence-electron chi connectivity index (χ4n) is 2.37. The molecule has 5 N–H and O–H groups in total. The zero-order chi connectivity index (χ0) is 14.6. The number of carbonyl (C=O) groups is 2. The molecule has 0 amide bonds. The summed E-state index contributed by atoms with van der Waals surface area (Å²) in [6.45, 7) is 0. The number of rotatable bonds is 0. The lowest BCUT2D eigenvalue weighted by atomic mass is 9.82. The summed E-state index contributed by atoms with van der Waals surface area (Å²) in [5.74, 6) is -2.74. The van der Waals surface area contributed by atoms with Crippen LogP contribution in [0.15, 0.2) is 24.3 Å². The Balaban J connectivity index is 2.46. The van der Waals surface area contributed by atoms with Gasteiger partial charge in [0, 0.05) is 5.69 Å². The Morgan fingerprint density at radius 3 is 1.50 bits per heavy atom. The van der Waals surface area contributed by atoms with Crippen molar-refractivity contribution in [3.63, 3.8) is 0 Å². The largest absolute Gasteiger partial charge is 0.507 e. The van der Waals surface area contributed by atoms with Crippen LogP contribution in [0.4, 0.5) is 5.69 Å².